The molecule has 1 unspecified atom stereocenters. The van der Waals surface area contributed by atoms with E-state index in [1.54, 1.807) is 24.3 Å². The molecular weight excluding hydrogens is 503 g/mol. The van der Waals surface area contributed by atoms with Gasteiger partial charge in [-0.25, -0.2) is 4.99 Å². The van der Waals surface area contributed by atoms with E-state index in [9.17, 15) is 9.90 Å². The number of rotatable bonds is 9. The molecule has 1 amide bonds. The van der Waals surface area contributed by atoms with Crippen LogP contribution in [0.2, 0.25) is 0 Å². The van der Waals surface area contributed by atoms with E-state index in [-0.39, 0.29) is 36.4 Å². The summed E-state index contributed by atoms with van der Waals surface area (Å²) in [6.07, 6.45) is 0. The lowest BCUT2D eigenvalue weighted by atomic mass is 10.00. The van der Waals surface area contributed by atoms with Crippen molar-refractivity contribution in [3.63, 3.8) is 0 Å². The van der Waals surface area contributed by atoms with Gasteiger partial charge in [0.2, 0.25) is 5.91 Å². The van der Waals surface area contributed by atoms with Crippen molar-refractivity contribution in [2.24, 2.45) is 4.99 Å². The van der Waals surface area contributed by atoms with Crippen molar-refractivity contribution < 1.29 is 14.6 Å². The van der Waals surface area contributed by atoms with Crippen molar-refractivity contribution in [1.29, 1.82) is 0 Å². The summed E-state index contributed by atoms with van der Waals surface area (Å²) in [5.41, 5.74) is 0.547. The maximum Gasteiger partial charge on any atom is 0.221 e. The number of anilines is 1. The van der Waals surface area contributed by atoms with Crippen molar-refractivity contribution in [1.82, 2.24) is 10.6 Å². The molecular formula is C20H29IN4O3S. The summed E-state index contributed by atoms with van der Waals surface area (Å²) in [7, 11) is 0. The van der Waals surface area contributed by atoms with Gasteiger partial charge in [-0.1, -0.05) is 6.07 Å². The molecule has 1 heterocycles. The molecule has 0 bridgehead atoms. The average molecular weight is 532 g/mol. The number of ether oxygens (including phenoxy) is 1. The minimum atomic E-state index is -1.01. The first-order valence-corrected chi connectivity index (χ1v) is 10.1. The maximum absolute atomic E-state index is 11.1. The monoisotopic (exact) mass is 532 g/mol. The number of carbonyl (C=O) groups excluding carboxylic acids is 1. The number of hydrogen-bond acceptors (Lipinski definition) is 5. The molecule has 0 aliphatic carbocycles. The van der Waals surface area contributed by atoms with E-state index in [4.69, 9.17) is 4.74 Å². The predicted octanol–water partition coefficient (Wildman–Crippen LogP) is 3.17. The average Bonchev–Trinajstić information content (AvgIpc) is 3.19. The Labute approximate surface area is 193 Å². The molecule has 0 spiro atoms. The zero-order valence-corrected chi connectivity index (χ0v) is 20.0. The van der Waals surface area contributed by atoms with Crippen molar-refractivity contribution in [3.05, 3.63) is 46.7 Å². The number of nitrogens with zero attached hydrogens (tertiary/aromatic N) is 1. The van der Waals surface area contributed by atoms with Gasteiger partial charge in [-0.3, -0.25) is 4.79 Å². The van der Waals surface area contributed by atoms with Crippen LogP contribution >= 0.6 is 35.3 Å². The van der Waals surface area contributed by atoms with Crippen LogP contribution in [0, 0.1) is 0 Å². The van der Waals surface area contributed by atoms with Crippen LogP contribution in [0.15, 0.2) is 46.1 Å². The lowest BCUT2D eigenvalue weighted by molar-refractivity contribution is -0.114. The Morgan fingerprint density at radius 1 is 1.31 bits per heavy atom. The first-order chi connectivity index (χ1) is 13.4. The number of amides is 1. The molecule has 0 saturated carbocycles. The number of aliphatic hydroxyl groups is 1. The van der Waals surface area contributed by atoms with Gasteiger partial charge in [0.1, 0.15) is 18.0 Å². The Morgan fingerprint density at radius 2 is 2.10 bits per heavy atom. The highest BCUT2D eigenvalue weighted by Gasteiger charge is 2.23. The third-order valence-electron chi connectivity index (χ3n) is 3.85. The molecule has 4 N–H and O–H groups in total. The maximum atomic E-state index is 11.1. The third-order valence-corrected chi connectivity index (χ3v) is 4.53. The Morgan fingerprint density at radius 3 is 2.76 bits per heavy atom. The van der Waals surface area contributed by atoms with E-state index < -0.39 is 5.60 Å². The Bertz CT molecular complexity index is 782. The number of carbonyl (C=O) groups is 1. The molecule has 1 aromatic heterocycles. The SMILES string of the molecule is CCNC(=NCC(C)(O)c1ccsc1)NCCOc1cccc(NC(C)=O)c1.I. The summed E-state index contributed by atoms with van der Waals surface area (Å²) in [5.74, 6) is 1.17. The summed E-state index contributed by atoms with van der Waals surface area (Å²) in [5, 5.41) is 23.5. The van der Waals surface area contributed by atoms with Crippen LogP contribution in [0.1, 0.15) is 26.3 Å². The molecule has 29 heavy (non-hydrogen) atoms. The lowest BCUT2D eigenvalue weighted by Gasteiger charge is -2.21. The third kappa shape index (κ3) is 9.01. The Balaban J connectivity index is 0.00000420. The largest absolute Gasteiger partial charge is 0.492 e. The van der Waals surface area contributed by atoms with Gasteiger partial charge >= 0.3 is 0 Å². The molecule has 0 radical (unpaired) electrons. The molecule has 2 aromatic rings. The highest BCUT2D eigenvalue weighted by Crippen LogP contribution is 2.23. The molecule has 9 heteroatoms. The first kappa shape index (κ1) is 25.2. The van der Waals surface area contributed by atoms with Crippen LogP contribution in [-0.2, 0) is 10.4 Å². The highest BCUT2D eigenvalue weighted by molar-refractivity contribution is 14.0. The van der Waals surface area contributed by atoms with Gasteiger partial charge in [0, 0.05) is 25.2 Å². The smallest absolute Gasteiger partial charge is 0.221 e. The fourth-order valence-electron chi connectivity index (χ4n) is 2.44. The van der Waals surface area contributed by atoms with Gasteiger partial charge in [0.25, 0.3) is 0 Å². The first-order valence-electron chi connectivity index (χ1n) is 9.18. The molecule has 0 saturated heterocycles. The van der Waals surface area contributed by atoms with Crippen LogP contribution in [0.25, 0.3) is 0 Å². The molecule has 0 fully saturated rings. The zero-order valence-electron chi connectivity index (χ0n) is 16.9. The van der Waals surface area contributed by atoms with Crippen molar-refractivity contribution in [2.45, 2.75) is 26.4 Å². The number of halogens is 1. The summed E-state index contributed by atoms with van der Waals surface area (Å²) in [6.45, 7) is 7.14. The van der Waals surface area contributed by atoms with Gasteiger partial charge in [-0.2, -0.15) is 11.3 Å². The van der Waals surface area contributed by atoms with Crippen molar-refractivity contribution in [2.75, 3.05) is 31.6 Å². The van der Waals surface area contributed by atoms with Gasteiger partial charge in [0.05, 0.1) is 13.1 Å². The second kappa shape index (κ2) is 12.7. The van der Waals surface area contributed by atoms with Gasteiger partial charge < -0.3 is 25.8 Å². The van der Waals surface area contributed by atoms with Gasteiger partial charge in [-0.05, 0) is 48.4 Å². The van der Waals surface area contributed by atoms with E-state index in [1.807, 2.05) is 41.9 Å². The predicted molar refractivity (Wildman–Crippen MR) is 130 cm³/mol. The van der Waals surface area contributed by atoms with Crippen LogP contribution in [0.4, 0.5) is 5.69 Å². The molecule has 1 aromatic carbocycles. The van der Waals surface area contributed by atoms with E-state index in [0.717, 1.165) is 5.56 Å². The summed E-state index contributed by atoms with van der Waals surface area (Å²) in [4.78, 5) is 15.6. The molecule has 0 aliphatic heterocycles. The van der Waals surface area contributed by atoms with Crippen molar-refractivity contribution in [3.8, 4) is 5.75 Å². The number of nitrogens with one attached hydrogen (secondary N) is 3. The molecule has 0 aliphatic rings. The number of guanidine groups is 1. The van der Waals surface area contributed by atoms with Gasteiger partial charge in [-0.15, -0.1) is 24.0 Å². The minimum Gasteiger partial charge on any atom is -0.492 e. The molecule has 1 atom stereocenters. The Kier molecular flexibility index (Phi) is 11.0. The van der Waals surface area contributed by atoms with Crippen LogP contribution in [0.5, 0.6) is 5.75 Å². The summed E-state index contributed by atoms with van der Waals surface area (Å²) >= 11 is 1.55. The summed E-state index contributed by atoms with van der Waals surface area (Å²) in [6, 6.07) is 9.15. The van der Waals surface area contributed by atoms with Crippen LogP contribution in [-0.4, -0.2) is 43.2 Å². The Hall–Kier alpha value is -1.85. The number of thiophene rings is 1. The lowest BCUT2D eigenvalue weighted by Crippen LogP contribution is -2.40. The normalized spacial score (nSPS) is 13.0. The van der Waals surface area contributed by atoms with Gasteiger partial charge in [0.15, 0.2) is 5.96 Å². The standard InChI is InChI=1S/C20H28N4O3S.HI/c1-4-21-19(23-14-20(3,26)16-8-11-28-13-16)22-9-10-27-18-7-5-6-17(12-18)24-15(2)25;/h5-8,11-13,26H,4,9-10,14H2,1-3H3,(H,24,25)(H2,21,22,23);1H. The topological polar surface area (TPSA) is 95.0 Å². The summed E-state index contributed by atoms with van der Waals surface area (Å²) < 4.78 is 5.72. The zero-order chi connectivity index (χ0) is 20.4. The van der Waals surface area contributed by atoms with E-state index >= 15 is 0 Å². The van der Waals surface area contributed by atoms with E-state index in [1.165, 1.54) is 6.92 Å². The minimum absolute atomic E-state index is 0. The van der Waals surface area contributed by atoms with Crippen molar-refractivity contribution >= 4 is 52.9 Å². The molecule has 160 valence electrons. The quantitative estimate of drug-likeness (QED) is 0.172. The van der Waals surface area contributed by atoms with Crippen LogP contribution < -0.4 is 20.7 Å². The number of benzene rings is 1. The second-order valence-electron chi connectivity index (χ2n) is 6.47. The number of hydrogen-bond donors (Lipinski definition) is 4. The fourth-order valence-corrected chi connectivity index (χ4v) is 3.22. The van der Waals surface area contributed by atoms with E-state index in [2.05, 4.69) is 20.9 Å². The number of aliphatic imine (C=N–C) groups is 1. The van der Waals surface area contributed by atoms with Crippen LogP contribution in [0.3, 0.4) is 0 Å². The fraction of sp³-hybridized carbons (Fsp3) is 0.400. The molecule has 7 nitrogen and oxygen atoms in total. The highest BCUT2D eigenvalue weighted by atomic mass is 127. The second-order valence-corrected chi connectivity index (χ2v) is 7.25. The van der Waals surface area contributed by atoms with E-state index in [0.29, 0.717) is 37.1 Å². The molecule has 2 rings (SSSR count).